The number of hydrogen-bond acceptors (Lipinski definition) is 6. The number of carbonyl (C=O) groups is 2. The number of nitrogens with zero attached hydrogens (tertiary/aromatic N) is 2. The number of amides is 2. The van der Waals surface area contributed by atoms with Gasteiger partial charge in [-0.05, 0) is 67.3 Å². The van der Waals surface area contributed by atoms with Crippen molar-refractivity contribution in [1.29, 1.82) is 0 Å². The van der Waals surface area contributed by atoms with Gasteiger partial charge < -0.3 is 19.7 Å². The summed E-state index contributed by atoms with van der Waals surface area (Å²) < 4.78 is 39.9. The molecule has 3 aromatic carbocycles. The molecule has 3 rings (SSSR count). The third-order valence-corrected chi connectivity index (χ3v) is 9.18. The largest absolute Gasteiger partial charge is 0.493 e. The lowest BCUT2D eigenvalue weighted by molar-refractivity contribution is -0.140. The number of methoxy groups -OCH3 is 2. The minimum absolute atomic E-state index is 0.0947. The Morgan fingerprint density at radius 2 is 1.63 bits per heavy atom. The summed E-state index contributed by atoms with van der Waals surface area (Å²) in [4.78, 5) is 28.9. The fourth-order valence-electron chi connectivity index (χ4n) is 4.64. The first kappa shape index (κ1) is 33.7. The molecule has 11 heteroatoms. The van der Waals surface area contributed by atoms with E-state index >= 15 is 0 Å². The highest BCUT2D eigenvalue weighted by Crippen LogP contribution is 2.33. The predicted molar refractivity (Wildman–Crippen MR) is 169 cm³/mol. The van der Waals surface area contributed by atoms with Gasteiger partial charge in [0.05, 0.1) is 24.8 Å². The lowest BCUT2D eigenvalue weighted by Gasteiger charge is -2.33. The van der Waals surface area contributed by atoms with E-state index in [2.05, 4.69) is 5.32 Å². The molecule has 232 valence electrons. The van der Waals surface area contributed by atoms with Crippen LogP contribution in [0, 0.1) is 6.92 Å². The van der Waals surface area contributed by atoms with Gasteiger partial charge in [-0.2, -0.15) is 0 Å². The molecule has 3 aromatic rings. The SMILES string of the molecule is CCCCNC(=O)C(CC)N(Cc1ccccc1C)C(=O)CN(c1ccc(Cl)cc1)S(=O)(=O)c1ccc(OC)c(OC)c1. The van der Waals surface area contributed by atoms with E-state index in [1.807, 2.05) is 45.0 Å². The number of anilines is 1. The van der Waals surface area contributed by atoms with Gasteiger partial charge in [0, 0.05) is 24.2 Å². The lowest BCUT2D eigenvalue weighted by Crippen LogP contribution is -2.52. The fourth-order valence-corrected chi connectivity index (χ4v) is 6.19. The number of ether oxygens (including phenoxy) is 2. The average molecular weight is 630 g/mol. The maximum atomic E-state index is 14.2. The van der Waals surface area contributed by atoms with Crippen LogP contribution in [0.5, 0.6) is 11.5 Å². The maximum Gasteiger partial charge on any atom is 0.264 e. The zero-order chi connectivity index (χ0) is 31.6. The highest BCUT2D eigenvalue weighted by molar-refractivity contribution is 7.92. The number of carbonyl (C=O) groups excluding carboxylic acids is 2. The van der Waals surface area contributed by atoms with Crippen LogP contribution in [-0.2, 0) is 26.2 Å². The second-order valence-electron chi connectivity index (χ2n) is 10.0. The second-order valence-corrected chi connectivity index (χ2v) is 12.3. The highest BCUT2D eigenvalue weighted by Gasteiger charge is 2.34. The van der Waals surface area contributed by atoms with Gasteiger partial charge in [-0.1, -0.05) is 56.1 Å². The Kier molecular flexibility index (Phi) is 12.3. The Bertz CT molecular complexity index is 1500. The van der Waals surface area contributed by atoms with Crippen LogP contribution < -0.4 is 19.1 Å². The van der Waals surface area contributed by atoms with Crippen molar-refractivity contribution in [2.24, 2.45) is 0 Å². The fraction of sp³-hybridized carbons (Fsp3) is 0.375. The predicted octanol–water partition coefficient (Wildman–Crippen LogP) is 5.58. The summed E-state index contributed by atoms with van der Waals surface area (Å²) in [6.07, 6.45) is 2.06. The first-order valence-corrected chi connectivity index (χ1v) is 16.0. The van der Waals surface area contributed by atoms with Crippen LogP contribution in [0.15, 0.2) is 71.6 Å². The van der Waals surface area contributed by atoms with Gasteiger partial charge in [-0.15, -0.1) is 0 Å². The molecule has 9 nitrogen and oxygen atoms in total. The van der Waals surface area contributed by atoms with Gasteiger partial charge >= 0.3 is 0 Å². The number of sulfonamides is 1. The van der Waals surface area contributed by atoms with E-state index in [1.54, 1.807) is 12.1 Å². The van der Waals surface area contributed by atoms with Crippen molar-refractivity contribution in [3.63, 3.8) is 0 Å². The van der Waals surface area contributed by atoms with Crippen LogP contribution >= 0.6 is 11.6 Å². The smallest absolute Gasteiger partial charge is 0.264 e. The Morgan fingerprint density at radius 3 is 2.23 bits per heavy atom. The molecule has 0 saturated heterocycles. The molecule has 0 saturated carbocycles. The molecule has 0 aliphatic heterocycles. The van der Waals surface area contributed by atoms with Crippen LogP contribution in [0.2, 0.25) is 5.02 Å². The molecule has 0 aliphatic carbocycles. The van der Waals surface area contributed by atoms with Crippen LogP contribution in [0.3, 0.4) is 0 Å². The number of rotatable bonds is 15. The molecule has 0 bridgehead atoms. The van der Waals surface area contributed by atoms with Crippen molar-refractivity contribution in [3.05, 3.63) is 82.9 Å². The summed E-state index contributed by atoms with van der Waals surface area (Å²) in [6, 6.07) is 17.2. The molecule has 0 fully saturated rings. The van der Waals surface area contributed by atoms with Gasteiger partial charge in [0.25, 0.3) is 10.0 Å². The zero-order valence-electron chi connectivity index (χ0n) is 25.3. The van der Waals surface area contributed by atoms with E-state index in [0.29, 0.717) is 23.7 Å². The van der Waals surface area contributed by atoms with E-state index in [1.165, 1.54) is 49.5 Å². The van der Waals surface area contributed by atoms with Crippen LogP contribution in [0.4, 0.5) is 5.69 Å². The summed E-state index contributed by atoms with van der Waals surface area (Å²) in [7, 11) is -1.43. The molecule has 0 aliphatic rings. The van der Waals surface area contributed by atoms with E-state index < -0.39 is 28.5 Å². The monoisotopic (exact) mass is 629 g/mol. The van der Waals surface area contributed by atoms with Crippen LogP contribution in [0.1, 0.15) is 44.2 Å². The summed E-state index contributed by atoms with van der Waals surface area (Å²) in [6.45, 7) is 5.87. The third kappa shape index (κ3) is 8.42. The molecule has 0 radical (unpaired) electrons. The molecular formula is C32H40ClN3O6S. The topological polar surface area (TPSA) is 105 Å². The van der Waals surface area contributed by atoms with E-state index in [0.717, 1.165) is 28.3 Å². The lowest BCUT2D eigenvalue weighted by atomic mass is 10.1. The second kappa shape index (κ2) is 15.6. The van der Waals surface area contributed by atoms with E-state index in [4.69, 9.17) is 21.1 Å². The number of aryl methyl sites for hydroxylation is 1. The van der Waals surface area contributed by atoms with Gasteiger partial charge in [0.1, 0.15) is 12.6 Å². The first-order valence-electron chi connectivity index (χ1n) is 14.2. The average Bonchev–Trinajstić information content (AvgIpc) is 3.00. The molecule has 2 amide bonds. The van der Waals surface area contributed by atoms with Crippen molar-refractivity contribution in [2.45, 2.75) is 57.5 Å². The molecule has 0 spiro atoms. The van der Waals surface area contributed by atoms with E-state index in [9.17, 15) is 18.0 Å². The molecule has 1 unspecified atom stereocenters. The summed E-state index contributed by atoms with van der Waals surface area (Å²) in [5, 5.41) is 3.35. The first-order chi connectivity index (χ1) is 20.6. The standard InChI is InChI=1S/C32H40ClN3O6S/c1-6-8-19-34-32(38)28(7-2)35(21-24-12-10-9-11-23(24)3)31(37)22-36(26-15-13-25(33)14-16-26)43(39,40)27-17-18-29(41-4)30(20-27)42-5/h9-18,20,28H,6-8,19,21-22H2,1-5H3,(H,34,38). The van der Waals surface area contributed by atoms with Gasteiger partial charge in [0.15, 0.2) is 11.5 Å². The highest BCUT2D eigenvalue weighted by atomic mass is 35.5. The molecule has 1 atom stereocenters. The quantitative estimate of drug-likeness (QED) is 0.220. The zero-order valence-corrected chi connectivity index (χ0v) is 26.9. The van der Waals surface area contributed by atoms with Crippen molar-refractivity contribution < 1.29 is 27.5 Å². The summed E-state index contributed by atoms with van der Waals surface area (Å²) >= 11 is 6.11. The molecular weight excluding hydrogens is 590 g/mol. The van der Waals surface area contributed by atoms with Gasteiger partial charge in [0.2, 0.25) is 11.8 Å². The Labute approximate surface area is 259 Å². The molecule has 43 heavy (non-hydrogen) atoms. The number of benzene rings is 3. The van der Waals surface area contributed by atoms with Crippen molar-refractivity contribution in [2.75, 3.05) is 31.6 Å². The minimum atomic E-state index is -4.30. The Balaban J connectivity index is 2.08. The number of halogens is 1. The number of unbranched alkanes of at least 4 members (excludes halogenated alkanes) is 1. The van der Waals surface area contributed by atoms with Gasteiger partial charge in [-0.25, -0.2) is 8.42 Å². The van der Waals surface area contributed by atoms with Crippen LogP contribution in [-0.4, -0.2) is 58.5 Å². The van der Waals surface area contributed by atoms with Crippen LogP contribution in [0.25, 0.3) is 0 Å². The molecule has 0 heterocycles. The molecule has 0 aromatic heterocycles. The minimum Gasteiger partial charge on any atom is -0.493 e. The van der Waals surface area contributed by atoms with Crippen molar-refractivity contribution in [1.82, 2.24) is 10.2 Å². The number of hydrogen-bond donors (Lipinski definition) is 1. The Hall–Kier alpha value is -3.76. The summed E-state index contributed by atoms with van der Waals surface area (Å²) in [5.41, 5.74) is 2.05. The van der Waals surface area contributed by atoms with Crippen molar-refractivity contribution in [3.8, 4) is 11.5 Å². The normalized spacial score (nSPS) is 11.9. The van der Waals surface area contributed by atoms with Crippen molar-refractivity contribution >= 4 is 39.1 Å². The third-order valence-electron chi connectivity index (χ3n) is 7.15. The van der Waals surface area contributed by atoms with E-state index in [-0.39, 0.29) is 28.8 Å². The summed E-state index contributed by atoms with van der Waals surface area (Å²) in [5.74, 6) is -0.222. The maximum absolute atomic E-state index is 14.2. The van der Waals surface area contributed by atoms with Gasteiger partial charge in [-0.3, -0.25) is 13.9 Å². The Morgan fingerprint density at radius 1 is 0.953 bits per heavy atom. The molecule has 1 N–H and O–H groups in total. The number of nitrogens with one attached hydrogen (secondary N) is 1.